The zero-order chi connectivity index (χ0) is 13.9. The first kappa shape index (κ1) is 16.0. The van der Waals surface area contributed by atoms with Crippen LogP contribution in [0.25, 0.3) is 0 Å². The fourth-order valence-corrected chi connectivity index (χ4v) is 1.95. The van der Waals surface area contributed by atoms with Gasteiger partial charge in [-0.05, 0) is 24.1 Å². The molecule has 1 unspecified atom stereocenters. The summed E-state index contributed by atoms with van der Waals surface area (Å²) in [5.41, 5.74) is 0.838. The zero-order valence-corrected chi connectivity index (χ0v) is 12.1. The smallest absolute Gasteiger partial charge is 0.119 e. The van der Waals surface area contributed by atoms with E-state index in [0.29, 0.717) is 6.61 Å². The predicted molar refractivity (Wildman–Crippen MR) is 77.5 cm³/mol. The monoisotopic (exact) mass is 266 g/mol. The van der Waals surface area contributed by atoms with Crippen LogP contribution in [0.5, 0.6) is 5.75 Å². The molecule has 19 heavy (non-hydrogen) atoms. The SMILES string of the molecule is CCCCCCCOCC(O)c1cccc(OC)c1. The summed E-state index contributed by atoms with van der Waals surface area (Å²) in [4.78, 5) is 0. The van der Waals surface area contributed by atoms with Gasteiger partial charge in [0.05, 0.1) is 13.7 Å². The lowest BCUT2D eigenvalue weighted by molar-refractivity contribution is 0.0343. The Balaban J connectivity index is 2.18. The molecule has 0 heterocycles. The molecule has 0 spiro atoms. The van der Waals surface area contributed by atoms with Crippen LogP contribution in [0.4, 0.5) is 0 Å². The van der Waals surface area contributed by atoms with Crippen molar-refractivity contribution in [1.29, 1.82) is 0 Å². The molecule has 0 amide bonds. The molecule has 1 N–H and O–H groups in total. The molecule has 1 atom stereocenters. The molecule has 0 aliphatic rings. The molecule has 1 aromatic carbocycles. The van der Waals surface area contributed by atoms with E-state index in [1.54, 1.807) is 7.11 Å². The molecule has 108 valence electrons. The van der Waals surface area contributed by atoms with Gasteiger partial charge in [-0.3, -0.25) is 0 Å². The lowest BCUT2D eigenvalue weighted by atomic mass is 10.1. The lowest BCUT2D eigenvalue weighted by Crippen LogP contribution is -2.08. The topological polar surface area (TPSA) is 38.7 Å². The van der Waals surface area contributed by atoms with Gasteiger partial charge >= 0.3 is 0 Å². The van der Waals surface area contributed by atoms with Crippen LogP contribution < -0.4 is 4.74 Å². The third-order valence-electron chi connectivity index (χ3n) is 3.15. The van der Waals surface area contributed by atoms with Crippen molar-refractivity contribution in [1.82, 2.24) is 0 Å². The summed E-state index contributed by atoms with van der Waals surface area (Å²) in [6, 6.07) is 7.47. The van der Waals surface area contributed by atoms with Gasteiger partial charge in [-0.25, -0.2) is 0 Å². The Morgan fingerprint density at radius 1 is 1.16 bits per heavy atom. The quantitative estimate of drug-likeness (QED) is 0.656. The summed E-state index contributed by atoms with van der Waals surface area (Å²) in [5, 5.41) is 10.0. The molecule has 3 nitrogen and oxygen atoms in total. The fraction of sp³-hybridized carbons (Fsp3) is 0.625. The summed E-state index contributed by atoms with van der Waals surface area (Å²) >= 11 is 0. The van der Waals surface area contributed by atoms with Crippen molar-refractivity contribution in [2.75, 3.05) is 20.3 Å². The number of ether oxygens (including phenoxy) is 2. The van der Waals surface area contributed by atoms with Crippen LogP contribution in [0.3, 0.4) is 0 Å². The molecule has 0 aliphatic heterocycles. The van der Waals surface area contributed by atoms with E-state index in [2.05, 4.69) is 6.92 Å². The highest BCUT2D eigenvalue weighted by Gasteiger charge is 2.08. The maximum absolute atomic E-state index is 10.0. The van der Waals surface area contributed by atoms with Gasteiger partial charge in [-0.1, -0.05) is 44.7 Å². The van der Waals surface area contributed by atoms with E-state index < -0.39 is 6.10 Å². The van der Waals surface area contributed by atoms with Crippen molar-refractivity contribution in [2.24, 2.45) is 0 Å². The first-order valence-corrected chi connectivity index (χ1v) is 7.17. The van der Waals surface area contributed by atoms with Gasteiger partial charge < -0.3 is 14.6 Å². The normalized spacial score (nSPS) is 12.4. The van der Waals surface area contributed by atoms with Crippen LogP contribution in [0.2, 0.25) is 0 Å². The van der Waals surface area contributed by atoms with Crippen molar-refractivity contribution < 1.29 is 14.6 Å². The van der Waals surface area contributed by atoms with E-state index in [4.69, 9.17) is 9.47 Å². The van der Waals surface area contributed by atoms with E-state index in [1.165, 1.54) is 25.7 Å². The van der Waals surface area contributed by atoms with Crippen LogP contribution in [0.1, 0.15) is 50.7 Å². The highest BCUT2D eigenvalue weighted by molar-refractivity contribution is 5.29. The van der Waals surface area contributed by atoms with Gasteiger partial charge in [0.15, 0.2) is 0 Å². The number of rotatable bonds is 10. The predicted octanol–water partition coefficient (Wildman–Crippen LogP) is 3.72. The zero-order valence-electron chi connectivity index (χ0n) is 12.1. The summed E-state index contributed by atoms with van der Waals surface area (Å²) in [7, 11) is 1.62. The molecular formula is C16H26O3. The molecular weight excluding hydrogens is 240 g/mol. The highest BCUT2D eigenvalue weighted by atomic mass is 16.5. The molecule has 1 rings (SSSR count). The van der Waals surface area contributed by atoms with Crippen molar-refractivity contribution in [2.45, 2.75) is 45.1 Å². The summed E-state index contributed by atoms with van der Waals surface area (Å²) in [6.45, 7) is 3.28. The molecule has 0 radical (unpaired) electrons. The lowest BCUT2D eigenvalue weighted by Gasteiger charge is -2.12. The minimum Gasteiger partial charge on any atom is -0.497 e. The Morgan fingerprint density at radius 3 is 2.68 bits per heavy atom. The molecule has 0 fully saturated rings. The van der Waals surface area contributed by atoms with E-state index in [-0.39, 0.29) is 0 Å². The average molecular weight is 266 g/mol. The van der Waals surface area contributed by atoms with Crippen LogP contribution in [0.15, 0.2) is 24.3 Å². The Labute approximate surface area is 116 Å². The Morgan fingerprint density at radius 2 is 1.95 bits per heavy atom. The molecule has 0 aromatic heterocycles. The molecule has 1 aromatic rings. The second-order valence-corrected chi connectivity index (χ2v) is 4.78. The van der Waals surface area contributed by atoms with Gasteiger partial charge in [0.2, 0.25) is 0 Å². The number of aliphatic hydroxyl groups excluding tert-OH is 1. The van der Waals surface area contributed by atoms with Gasteiger partial charge in [0.1, 0.15) is 11.9 Å². The summed E-state index contributed by atoms with van der Waals surface area (Å²) in [5.74, 6) is 0.760. The third-order valence-corrected chi connectivity index (χ3v) is 3.15. The molecule has 0 bridgehead atoms. The Hall–Kier alpha value is -1.06. The van der Waals surface area contributed by atoms with E-state index in [9.17, 15) is 5.11 Å². The van der Waals surface area contributed by atoms with Gasteiger partial charge in [0.25, 0.3) is 0 Å². The first-order chi connectivity index (χ1) is 9.27. The summed E-state index contributed by atoms with van der Waals surface area (Å²) in [6.07, 6.45) is 5.54. The van der Waals surface area contributed by atoms with Gasteiger partial charge in [-0.15, -0.1) is 0 Å². The number of aliphatic hydroxyl groups is 1. The van der Waals surface area contributed by atoms with Crippen LogP contribution in [-0.2, 0) is 4.74 Å². The standard InChI is InChI=1S/C16H26O3/c1-3-4-5-6-7-11-19-13-16(17)14-9-8-10-15(12-14)18-2/h8-10,12,16-17H,3-7,11,13H2,1-2H3. The van der Waals surface area contributed by atoms with Crippen LogP contribution >= 0.6 is 0 Å². The number of methoxy groups -OCH3 is 1. The minimum atomic E-state index is -0.578. The van der Waals surface area contributed by atoms with Gasteiger partial charge in [0, 0.05) is 6.61 Å². The van der Waals surface area contributed by atoms with Gasteiger partial charge in [-0.2, -0.15) is 0 Å². The first-order valence-electron chi connectivity index (χ1n) is 7.17. The molecule has 3 heteroatoms. The van der Waals surface area contributed by atoms with Crippen molar-refractivity contribution in [3.63, 3.8) is 0 Å². The van der Waals surface area contributed by atoms with Crippen molar-refractivity contribution >= 4 is 0 Å². The minimum absolute atomic E-state index is 0.348. The fourth-order valence-electron chi connectivity index (χ4n) is 1.95. The molecule has 0 saturated carbocycles. The highest BCUT2D eigenvalue weighted by Crippen LogP contribution is 2.19. The largest absolute Gasteiger partial charge is 0.497 e. The molecule has 0 aliphatic carbocycles. The van der Waals surface area contributed by atoms with Crippen molar-refractivity contribution in [3.8, 4) is 5.75 Å². The maximum Gasteiger partial charge on any atom is 0.119 e. The third kappa shape index (κ3) is 6.60. The second-order valence-electron chi connectivity index (χ2n) is 4.78. The number of unbranched alkanes of at least 4 members (excludes halogenated alkanes) is 4. The number of hydrogen-bond acceptors (Lipinski definition) is 3. The van der Waals surface area contributed by atoms with E-state index in [1.807, 2.05) is 24.3 Å². The van der Waals surface area contributed by atoms with Crippen LogP contribution in [0, 0.1) is 0 Å². The number of benzene rings is 1. The Kier molecular flexibility index (Phi) is 8.26. The number of hydrogen-bond donors (Lipinski definition) is 1. The van der Waals surface area contributed by atoms with E-state index >= 15 is 0 Å². The van der Waals surface area contributed by atoms with E-state index in [0.717, 1.165) is 24.3 Å². The molecule has 0 saturated heterocycles. The second kappa shape index (κ2) is 9.82. The van der Waals surface area contributed by atoms with Crippen LogP contribution in [-0.4, -0.2) is 25.4 Å². The average Bonchev–Trinajstić information content (AvgIpc) is 2.46. The van der Waals surface area contributed by atoms with Crippen molar-refractivity contribution in [3.05, 3.63) is 29.8 Å². The maximum atomic E-state index is 10.0. The summed E-state index contributed by atoms with van der Waals surface area (Å²) < 4.78 is 10.6. The Bertz CT molecular complexity index is 339.